The average molecular weight is 411 g/mol. The molecule has 5 nitrogen and oxygen atoms in total. The van der Waals surface area contributed by atoms with Crippen LogP contribution in [0.4, 0.5) is 9.18 Å². The summed E-state index contributed by atoms with van der Waals surface area (Å²) >= 11 is 0. The molecule has 0 radical (unpaired) electrons. The second-order valence-corrected chi connectivity index (χ2v) is 8.06. The standard InChI is InChI=1S/C24H26FNO4/c1-29-22-14-18(25)10-11-21(22)23(27)17-12-19-8-5-9-20(13-17)26(19)24(28)30-15-16-6-3-2-4-7-16/h2-4,6-7,10-11,14,17,19-20H,5,8-9,12-13,15H2,1H3. The molecular weight excluding hydrogens is 385 g/mol. The number of ketones is 1. The van der Waals surface area contributed by atoms with Gasteiger partial charge in [-0.25, -0.2) is 9.18 Å². The molecular formula is C24H26FNO4. The number of nitrogens with zero attached hydrogens (tertiary/aromatic N) is 1. The van der Waals surface area contributed by atoms with Gasteiger partial charge in [-0.3, -0.25) is 4.79 Å². The molecule has 2 saturated heterocycles. The zero-order chi connectivity index (χ0) is 21.1. The highest BCUT2D eigenvalue weighted by Gasteiger charge is 2.44. The Bertz CT molecular complexity index is 903. The Morgan fingerprint density at radius 2 is 1.77 bits per heavy atom. The highest BCUT2D eigenvalue weighted by atomic mass is 19.1. The lowest BCUT2D eigenvalue weighted by Crippen LogP contribution is -2.55. The van der Waals surface area contributed by atoms with E-state index in [1.807, 2.05) is 35.2 Å². The van der Waals surface area contributed by atoms with Crippen molar-refractivity contribution in [3.63, 3.8) is 0 Å². The van der Waals surface area contributed by atoms with Gasteiger partial charge in [0, 0.05) is 24.1 Å². The lowest BCUT2D eigenvalue weighted by Gasteiger charge is -2.47. The van der Waals surface area contributed by atoms with Crippen LogP contribution in [0.1, 0.15) is 48.0 Å². The molecule has 2 atom stereocenters. The van der Waals surface area contributed by atoms with Gasteiger partial charge in [-0.15, -0.1) is 0 Å². The zero-order valence-electron chi connectivity index (χ0n) is 17.1. The van der Waals surface area contributed by atoms with Gasteiger partial charge in [-0.2, -0.15) is 0 Å². The van der Waals surface area contributed by atoms with Crippen molar-refractivity contribution in [3.8, 4) is 5.75 Å². The van der Waals surface area contributed by atoms with Crippen LogP contribution in [0, 0.1) is 11.7 Å². The first-order chi connectivity index (χ1) is 14.6. The second kappa shape index (κ2) is 8.86. The SMILES string of the molecule is COc1cc(F)ccc1C(=O)C1CC2CCCC(C1)N2C(=O)OCc1ccccc1. The minimum atomic E-state index is -0.434. The highest BCUT2D eigenvalue weighted by Crippen LogP contribution is 2.39. The Labute approximate surface area is 175 Å². The van der Waals surface area contributed by atoms with Crippen LogP contribution in [0.25, 0.3) is 0 Å². The third kappa shape index (κ3) is 4.18. The number of piperidine rings is 2. The van der Waals surface area contributed by atoms with Gasteiger partial charge in [0.05, 0.1) is 12.7 Å². The molecule has 0 N–H and O–H groups in total. The molecule has 2 heterocycles. The number of ether oxygens (including phenoxy) is 2. The minimum absolute atomic E-state index is 0.0128. The van der Waals surface area contributed by atoms with Gasteiger partial charge in [0.1, 0.15) is 18.2 Å². The van der Waals surface area contributed by atoms with Gasteiger partial charge < -0.3 is 14.4 Å². The molecule has 0 spiro atoms. The van der Waals surface area contributed by atoms with Crippen LogP contribution in [-0.2, 0) is 11.3 Å². The number of rotatable bonds is 5. The van der Waals surface area contributed by atoms with Gasteiger partial charge in [-0.1, -0.05) is 30.3 Å². The van der Waals surface area contributed by atoms with Crippen molar-refractivity contribution in [3.05, 3.63) is 65.5 Å². The van der Waals surface area contributed by atoms with Crippen molar-refractivity contribution in [2.24, 2.45) is 5.92 Å². The van der Waals surface area contributed by atoms with E-state index in [1.54, 1.807) is 0 Å². The van der Waals surface area contributed by atoms with Crippen LogP contribution in [0.15, 0.2) is 48.5 Å². The van der Waals surface area contributed by atoms with Gasteiger partial charge in [0.2, 0.25) is 0 Å². The van der Waals surface area contributed by atoms with Crippen molar-refractivity contribution in [2.45, 2.75) is 50.8 Å². The number of carbonyl (C=O) groups excluding carboxylic acids is 2. The lowest BCUT2D eigenvalue weighted by molar-refractivity contribution is 0.00467. The van der Waals surface area contributed by atoms with Crippen molar-refractivity contribution < 1.29 is 23.5 Å². The van der Waals surface area contributed by atoms with E-state index in [-0.39, 0.29) is 42.2 Å². The summed E-state index contributed by atoms with van der Waals surface area (Å²) in [7, 11) is 1.44. The molecule has 2 bridgehead atoms. The number of hydrogen-bond acceptors (Lipinski definition) is 4. The van der Waals surface area contributed by atoms with E-state index in [1.165, 1.54) is 25.3 Å². The van der Waals surface area contributed by atoms with Crippen LogP contribution >= 0.6 is 0 Å². The summed E-state index contributed by atoms with van der Waals surface area (Å²) in [5.74, 6) is -0.426. The summed E-state index contributed by atoms with van der Waals surface area (Å²) in [6, 6.07) is 13.6. The number of hydrogen-bond donors (Lipinski definition) is 0. The summed E-state index contributed by atoms with van der Waals surface area (Å²) in [5.41, 5.74) is 1.35. The van der Waals surface area contributed by atoms with Crippen molar-refractivity contribution in [2.75, 3.05) is 7.11 Å². The third-order valence-electron chi connectivity index (χ3n) is 6.19. The van der Waals surface area contributed by atoms with E-state index in [2.05, 4.69) is 0 Å². The van der Waals surface area contributed by atoms with Gasteiger partial charge in [-0.05, 0) is 49.8 Å². The number of Topliss-reactive ketones (excluding diaryl/α,β-unsaturated/α-hetero) is 1. The normalized spacial score (nSPS) is 23.0. The molecule has 4 rings (SSSR count). The summed E-state index contributed by atoms with van der Waals surface area (Å²) in [6.07, 6.45) is 3.65. The monoisotopic (exact) mass is 411 g/mol. The summed E-state index contributed by atoms with van der Waals surface area (Å²) in [5, 5.41) is 0. The van der Waals surface area contributed by atoms with Crippen LogP contribution in [-0.4, -0.2) is 36.0 Å². The number of fused-ring (bicyclic) bond motifs is 2. The quantitative estimate of drug-likeness (QED) is 0.651. The fraction of sp³-hybridized carbons (Fsp3) is 0.417. The molecule has 0 saturated carbocycles. The van der Waals surface area contributed by atoms with Gasteiger partial charge in [0.25, 0.3) is 0 Å². The summed E-state index contributed by atoms with van der Waals surface area (Å²) < 4.78 is 24.3. The number of methoxy groups -OCH3 is 1. The lowest BCUT2D eigenvalue weighted by atomic mass is 9.75. The first-order valence-electron chi connectivity index (χ1n) is 10.4. The molecule has 158 valence electrons. The zero-order valence-corrected chi connectivity index (χ0v) is 17.1. The van der Waals surface area contributed by atoms with E-state index >= 15 is 0 Å². The van der Waals surface area contributed by atoms with Crippen LogP contribution in [0.3, 0.4) is 0 Å². The smallest absolute Gasteiger partial charge is 0.410 e. The number of benzene rings is 2. The molecule has 2 aromatic carbocycles. The van der Waals surface area contributed by atoms with Crippen molar-refractivity contribution in [1.29, 1.82) is 0 Å². The molecule has 2 fully saturated rings. The predicted molar refractivity (Wildman–Crippen MR) is 110 cm³/mol. The molecule has 2 aliphatic heterocycles. The summed E-state index contributed by atoms with van der Waals surface area (Å²) in [4.78, 5) is 27.8. The molecule has 2 unspecified atom stereocenters. The van der Waals surface area contributed by atoms with Crippen molar-refractivity contribution in [1.82, 2.24) is 4.90 Å². The Hall–Kier alpha value is -2.89. The minimum Gasteiger partial charge on any atom is -0.496 e. The number of halogens is 1. The highest BCUT2D eigenvalue weighted by molar-refractivity contribution is 6.00. The molecule has 0 aliphatic carbocycles. The van der Waals surface area contributed by atoms with E-state index in [0.717, 1.165) is 24.8 Å². The Morgan fingerprint density at radius 1 is 1.07 bits per heavy atom. The first-order valence-corrected chi connectivity index (χ1v) is 10.4. The fourth-order valence-electron chi connectivity index (χ4n) is 4.78. The maximum Gasteiger partial charge on any atom is 0.410 e. The Balaban J connectivity index is 1.45. The molecule has 2 aliphatic rings. The molecule has 6 heteroatoms. The summed E-state index contributed by atoms with van der Waals surface area (Å²) in [6.45, 7) is 0.241. The molecule has 2 aromatic rings. The van der Waals surface area contributed by atoms with Gasteiger partial charge >= 0.3 is 6.09 Å². The van der Waals surface area contributed by atoms with E-state index in [9.17, 15) is 14.0 Å². The molecule has 30 heavy (non-hydrogen) atoms. The van der Waals surface area contributed by atoms with E-state index < -0.39 is 5.82 Å². The largest absolute Gasteiger partial charge is 0.496 e. The van der Waals surface area contributed by atoms with Crippen LogP contribution < -0.4 is 4.74 Å². The van der Waals surface area contributed by atoms with Crippen LogP contribution in [0.2, 0.25) is 0 Å². The third-order valence-corrected chi connectivity index (χ3v) is 6.19. The number of amides is 1. The Kier molecular flexibility index (Phi) is 6.02. The van der Waals surface area contributed by atoms with E-state index in [0.29, 0.717) is 18.4 Å². The van der Waals surface area contributed by atoms with E-state index in [4.69, 9.17) is 9.47 Å². The van der Waals surface area contributed by atoms with Crippen LogP contribution in [0.5, 0.6) is 5.75 Å². The number of carbonyl (C=O) groups is 2. The fourth-order valence-corrected chi connectivity index (χ4v) is 4.78. The maximum absolute atomic E-state index is 13.5. The maximum atomic E-state index is 13.5. The first kappa shape index (κ1) is 20.4. The molecule has 1 amide bonds. The predicted octanol–water partition coefficient (Wildman–Crippen LogP) is 4.99. The molecule has 0 aromatic heterocycles. The topological polar surface area (TPSA) is 55.8 Å². The Morgan fingerprint density at radius 3 is 2.43 bits per heavy atom. The van der Waals surface area contributed by atoms with Crippen molar-refractivity contribution >= 4 is 11.9 Å². The second-order valence-electron chi connectivity index (χ2n) is 8.06. The van der Waals surface area contributed by atoms with Gasteiger partial charge in [0.15, 0.2) is 5.78 Å². The average Bonchev–Trinajstić information content (AvgIpc) is 2.76.